The summed E-state index contributed by atoms with van der Waals surface area (Å²) in [6.45, 7) is 9.85. The summed E-state index contributed by atoms with van der Waals surface area (Å²) in [6.07, 6.45) is 4.73. The van der Waals surface area contributed by atoms with Crippen molar-refractivity contribution in [1.82, 2.24) is 5.43 Å². The Labute approximate surface area is 194 Å². The third-order valence-corrected chi connectivity index (χ3v) is 5.27. The van der Waals surface area contributed by atoms with Crippen molar-refractivity contribution in [2.75, 3.05) is 13.2 Å². The molecule has 0 aliphatic carbocycles. The van der Waals surface area contributed by atoms with E-state index in [4.69, 9.17) is 9.47 Å². The van der Waals surface area contributed by atoms with Crippen molar-refractivity contribution in [2.45, 2.75) is 58.8 Å². The van der Waals surface area contributed by atoms with Crippen molar-refractivity contribution < 1.29 is 14.3 Å². The number of nitrogens with zero attached hydrogens (tertiary/aromatic N) is 1. The minimum Gasteiger partial charge on any atom is -0.494 e. The minimum atomic E-state index is -0.137. The molecule has 0 aliphatic rings. The van der Waals surface area contributed by atoms with Crippen LogP contribution in [-0.4, -0.2) is 25.3 Å². The zero-order valence-corrected chi connectivity index (χ0v) is 20.5. The van der Waals surface area contributed by atoms with Gasteiger partial charge in [0.2, 0.25) is 5.91 Å². The Morgan fingerprint density at radius 3 is 2.42 bits per heavy atom. The van der Waals surface area contributed by atoms with Crippen LogP contribution in [0.4, 0.5) is 0 Å². The summed E-state index contributed by atoms with van der Waals surface area (Å²) in [5.74, 6) is 1.49. The lowest BCUT2D eigenvalue weighted by atomic mass is 9.87. The number of halogens is 1. The summed E-state index contributed by atoms with van der Waals surface area (Å²) >= 11 is 3.57. The number of benzene rings is 2. The van der Waals surface area contributed by atoms with E-state index in [1.165, 1.54) is 5.56 Å². The van der Waals surface area contributed by atoms with Gasteiger partial charge >= 0.3 is 0 Å². The molecule has 2 aromatic rings. The molecule has 0 atom stereocenters. The molecule has 2 aromatic carbocycles. The van der Waals surface area contributed by atoms with Gasteiger partial charge in [-0.1, -0.05) is 40.2 Å². The molecule has 0 spiro atoms. The van der Waals surface area contributed by atoms with Gasteiger partial charge in [-0.05, 0) is 81.7 Å². The van der Waals surface area contributed by atoms with Crippen LogP contribution in [0.2, 0.25) is 0 Å². The normalized spacial score (nSPS) is 11.5. The summed E-state index contributed by atoms with van der Waals surface area (Å²) in [4.78, 5) is 12.0. The van der Waals surface area contributed by atoms with Crippen LogP contribution in [0.5, 0.6) is 11.5 Å². The van der Waals surface area contributed by atoms with Crippen molar-refractivity contribution in [3.8, 4) is 11.5 Å². The van der Waals surface area contributed by atoms with Gasteiger partial charge in [-0.2, -0.15) is 5.10 Å². The Morgan fingerprint density at radius 2 is 1.77 bits per heavy atom. The van der Waals surface area contributed by atoms with Crippen LogP contribution in [0.3, 0.4) is 0 Å². The van der Waals surface area contributed by atoms with Gasteiger partial charge in [0.1, 0.15) is 11.5 Å². The lowest BCUT2D eigenvalue weighted by molar-refractivity contribution is -0.121. The highest BCUT2D eigenvalue weighted by Gasteiger charge is 2.15. The zero-order valence-electron chi connectivity index (χ0n) is 18.9. The lowest BCUT2D eigenvalue weighted by Gasteiger charge is -2.20. The number of hydrogen-bond acceptors (Lipinski definition) is 4. The minimum absolute atomic E-state index is 0.0874. The Hall–Kier alpha value is -2.34. The van der Waals surface area contributed by atoms with Gasteiger partial charge in [-0.25, -0.2) is 5.43 Å². The molecule has 2 rings (SSSR count). The molecule has 0 saturated carbocycles. The smallest absolute Gasteiger partial charge is 0.240 e. The molecule has 168 valence electrons. The number of amides is 1. The molecule has 6 heteroatoms. The number of hydrazone groups is 1. The molecule has 0 aromatic heterocycles. The predicted molar refractivity (Wildman–Crippen MR) is 130 cm³/mol. The van der Waals surface area contributed by atoms with Gasteiger partial charge in [0.25, 0.3) is 0 Å². The van der Waals surface area contributed by atoms with Gasteiger partial charge in [0, 0.05) is 6.42 Å². The largest absolute Gasteiger partial charge is 0.494 e. The number of unbranched alkanes of at least 4 members (excludes halogenated alkanes) is 1. The Morgan fingerprint density at radius 1 is 1.06 bits per heavy atom. The van der Waals surface area contributed by atoms with Crippen LogP contribution in [0.1, 0.15) is 64.5 Å². The predicted octanol–water partition coefficient (Wildman–Crippen LogP) is 6.23. The summed E-state index contributed by atoms with van der Waals surface area (Å²) in [5, 5.41) is 4.02. The van der Waals surface area contributed by atoms with Crippen LogP contribution in [0.15, 0.2) is 52.0 Å². The Bertz CT molecular complexity index is 858. The number of carbonyl (C=O) groups excluding carboxylic acids is 1. The van der Waals surface area contributed by atoms with E-state index in [1.807, 2.05) is 30.3 Å². The summed E-state index contributed by atoms with van der Waals surface area (Å²) < 4.78 is 12.4. The van der Waals surface area contributed by atoms with Crippen molar-refractivity contribution >= 4 is 28.1 Å². The second-order valence-corrected chi connectivity index (χ2v) is 9.27. The van der Waals surface area contributed by atoms with Crippen molar-refractivity contribution in [2.24, 2.45) is 5.10 Å². The average Bonchev–Trinajstić information content (AvgIpc) is 2.72. The zero-order chi connectivity index (χ0) is 22.7. The molecule has 5 nitrogen and oxygen atoms in total. The molecule has 0 fully saturated rings. The molecule has 0 saturated heterocycles. The Balaban J connectivity index is 1.68. The lowest BCUT2D eigenvalue weighted by Crippen LogP contribution is -2.18. The third-order valence-electron chi connectivity index (χ3n) is 4.65. The van der Waals surface area contributed by atoms with Crippen molar-refractivity contribution in [3.05, 3.63) is 58.1 Å². The van der Waals surface area contributed by atoms with Crippen LogP contribution in [-0.2, 0) is 10.2 Å². The van der Waals surface area contributed by atoms with Gasteiger partial charge in [-0.15, -0.1) is 0 Å². The van der Waals surface area contributed by atoms with Gasteiger partial charge in [0.15, 0.2) is 0 Å². The fourth-order valence-corrected chi connectivity index (χ4v) is 3.21. The van der Waals surface area contributed by atoms with Crippen LogP contribution >= 0.6 is 15.9 Å². The van der Waals surface area contributed by atoms with Gasteiger partial charge in [0.05, 0.1) is 23.9 Å². The number of rotatable bonds is 11. The highest BCUT2D eigenvalue weighted by Crippen LogP contribution is 2.31. The molecule has 0 unspecified atom stereocenters. The first kappa shape index (κ1) is 24.9. The molecular weight excluding hydrogens is 456 g/mol. The van der Waals surface area contributed by atoms with Crippen LogP contribution in [0.25, 0.3) is 0 Å². The third kappa shape index (κ3) is 9.13. The Kier molecular flexibility index (Phi) is 10.0. The van der Waals surface area contributed by atoms with Gasteiger partial charge in [-0.3, -0.25) is 4.79 Å². The van der Waals surface area contributed by atoms with E-state index < -0.39 is 0 Å². The highest BCUT2D eigenvalue weighted by molar-refractivity contribution is 9.10. The quantitative estimate of drug-likeness (QED) is 0.231. The van der Waals surface area contributed by atoms with E-state index in [1.54, 1.807) is 6.21 Å². The van der Waals surface area contributed by atoms with E-state index in [2.05, 4.69) is 66.3 Å². The summed E-state index contributed by atoms with van der Waals surface area (Å²) in [6, 6.07) is 13.8. The second kappa shape index (κ2) is 12.5. The first-order valence-corrected chi connectivity index (χ1v) is 11.6. The molecule has 0 bridgehead atoms. The van der Waals surface area contributed by atoms with Crippen LogP contribution < -0.4 is 14.9 Å². The van der Waals surface area contributed by atoms with Crippen molar-refractivity contribution in [3.63, 3.8) is 0 Å². The topological polar surface area (TPSA) is 59.9 Å². The average molecular weight is 489 g/mol. The van der Waals surface area contributed by atoms with E-state index in [-0.39, 0.29) is 11.3 Å². The van der Waals surface area contributed by atoms with Crippen molar-refractivity contribution in [1.29, 1.82) is 0 Å². The number of carbonyl (C=O) groups is 1. The first-order valence-electron chi connectivity index (χ1n) is 10.8. The highest BCUT2D eigenvalue weighted by atomic mass is 79.9. The molecule has 1 amide bonds. The number of ether oxygens (including phenoxy) is 2. The first-order chi connectivity index (χ1) is 14.8. The fraction of sp³-hybridized carbons (Fsp3) is 0.440. The van der Waals surface area contributed by atoms with E-state index in [0.717, 1.165) is 41.0 Å². The maximum absolute atomic E-state index is 12.0. The van der Waals surface area contributed by atoms with E-state index in [9.17, 15) is 4.79 Å². The molecule has 0 aliphatic heterocycles. The van der Waals surface area contributed by atoms with E-state index in [0.29, 0.717) is 19.4 Å². The summed E-state index contributed by atoms with van der Waals surface area (Å²) in [5.41, 5.74) is 4.78. The monoisotopic (exact) mass is 488 g/mol. The number of hydrogen-bond donors (Lipinski definition) is 1. The fourth-order valence-electron chi connectivity index (χ4n) is 2.72. The molecule has 1 N–H and O–H groups in total. The maximum Gasteiger partial charge on any atom is 0.240 e. The van der Waals surface area contributed by atoms with E-state index >= 15 is 0 Å². The standard InChI is InChI=1S/C25H33BrN2O3/c1-5-6-15-30-21-12-9-19(10-13-21)18-27-28-24(29)8-7-16-31-23-14-11-20(17-22(23)26)25(2,3)4/h9-14,17-18H,5-8,15-16H2,1-4H3,(H,28,29)/b27-18+. The van der Waals surface area contributed by atoms with Crippen LogP contribution in [0, 0.1) is 0 Å². The molecular formula is C25H33BrN2O3. The maximum atomic E-state index is 12.0. The molecule has 31 heavy (non-hydrogen) atoms. The number of nitrogens with one attached hydrogen (secondary N) is 1. The van der Waals surface area contributed by atoms with Gasteiger partial charge < -0.3 is 9.47 Å². The summed E-state index contributed by atoms with van der Waals surface area (Å²) in [7, 11) is 0. The molecule has 0 radical (unpaired) electrons. The SMILES string of the molecule is CCCCOc1ccc(/C=N/NC(=O)CCCOc2ccc(C(C)(C)C)cc2Br)cc1. The second-order valence-electron chi connectivity index (χ2n) is 8.41. The molecule has 0 heterocycles.